The fraction of sp³-hybridized carbons (Fsp3) is 0.0938. The first-order chi connectivity index (χ1) is 19.7. The Labute approximate surface area is 237 Å². The maximum absolute atomic E-state index is 11.8. The summed E-state index contributed by atoms with van der Waals surface area (Å²) in [6.07, 6.45) is 7.60. The molecule has 0 amide bonds. The Morgan fingerprint density at radius 3 is 2.41 bits per heavy atom. The molecular formula is C32H27N3O5S. The van der Waals surface area contributed by atoms with Crippen molar-refractivity contribution in [2.45, 2.75) is 18.2 Å². The van der Waals surface area contributed by atoms with E-state index in [2.05, 4.69) is 34.2 Å². The summed E-state index contributed by atoms with van der Waals surface area (Å²) < 4.78 is 29.5. The Bertz CT molecular complexity index is 1890. The number of pyridine rings is 1. The second kappa shape index (κ2) is 11.6. The van der Waals surface area contributed by atoms with E-state index in [1.165, 1.54) is 18.3 Å². The van der Waals surface area contributed by atoms with Crippen molar-refractivity contribution in [3.63, 3.8) is 0 Å². The molecule has 0 saturated carbocycles. The third-order valence-electron chi connectivity index (χ3n) is 6.54. The van der Waals surface area contributed by atoms with Gasteiger partial charge in [0, 0.05) is 30.0 Å². The Morgan fingerprint density at radius 2 is 1.73 bits per heavy atom. The third-order valence-corrected chi connectivity index (χ3v) is 7.64. The molecule has 0 radical (unpaired) electrons. The molecule has 0 aliphatic heterocycles. The Balaban J connectivity index is 1.59. The second-order valence-corrected chi connectivity index (χ2v) is 11.4. The number of carboxylic acid groups (broad SMARTS) is 1. The summed E-state index contributed by atoms with van der Waals surface area (Å²) in [5.74, 6) is -0.154. The number of allylic oxidation sites excluding steroid dienone is 1. The molecule has 2 heterocycles. The monoisotopic (exact) mass is 565 g/mol. The number of aromatic amines is 1. The van der Waals surface area contributed by atoms with Crippen LogP contribution in [-0.2, 0) is 14.6 Å². The average Bonchev–Trinajstić information content (AvgIpc) is 3.43. The topological polar surface area (TPSA) is 122 Å². The predicted molar refractivity (Wildman–Crippen MR) is 159 cm³/mol. The second-order valence-electron chi connectivity index (χ2n) is 9.41. The van der Waals surface area contributed by atoms with Crippen molar-refractivity contribution in [1.29, 1.82) is 0 Å². The molecule has 3 aromatic carbocycles. The summed E-state index contributed by atoms with van der Waals surface area (Å²) in [6.45, 7) is 2.09. The summed E-state index contributed by atoms with van der Waals surface area (Å²) in [5, 5.41) is 17.1. The van der Waals surface area contributed by atoms with Crippen LogP contribution >= 0.6 is 0 Å². The highest BCUT2D eigenvalue weighted by atomic mass is 32.2. The Kier molecular flexibility index (Phi) is 7.80. The van der Waals surface area contributed by atoms with Gasteiger partial charge in [0.2, 0.25) is 5.88 Å². The third kappa shape index (κ3) is 6.42. The van der Waals surface area contributed by atoms with Crippen LogP contribution in [0.25, 0.3) is 28.1 Å². The lowest BCUT2D eigenvalue weighted by molar-refractivity contribution is -0.131. The number of hydrogen-bond donors (Lipinski definition) is 2. The molecule has 8 nitrogen and oxygen atoms in total. The van der Waals surface area contributed by atoms with Crippen LogP contribution in [0.1, 0.15) is 35.6 Å². The van der Waals surface area contributed by atoms with Gasteiger partial charge in [-0.1, -0.05) is 49.4 Å². The molecule has 0 saturated heterocycles. The van der Waals surface area contributed by atoms with Crippen LogP contribution in [-0.4, -0.2) is 40.9 Å². The van der Waals surface area contributed by atoms with Crippen molar-refractivity contribution in [3.05, 3.63) is 120 Å². The van der Waals surface area contributed by atoms with E-state index < -0.39 is 15.8 Å². The van der Waals surface area contributed by atoms with Crippen molar-refractivity contribution in [3.8, 4) is 11.6 Å². The summed E-state index contributed by atoms with van der Waals surface area (Å²) in [5.41, 5.74) is 6.75. The standard InChI is InChI=1S/C32H27N3O5S/c1-3-28(23-5-4-6-26(18-23)40-30-15-13-27(20-33-30)41(2,38)39)32(24-12-14-29-25(17-24)19-34-35-29)22-10-7-21(8-11-22)9-16-31(36)37/h4-20H,3H2,1-2H3,(H,34,35)(H,36,37)/b16-9+,32-28+. The Morgan fingerprint density at radius 1 is 0.951 bits per heavy atom. The zero-order valence-electron chi connectivity index (χ0n) is 22.4. The van der Waals surface area contributed by atoms with Gasteiger partial charge in [-0.15, -0.1) is 0 Å². The van der Waals surface area contributed by atoms with E-state index >= 15 is 0 Å². The molecule has 0 spiro atoms. The highest BCUT2D eigenvalue weighted by Gasteiger charge is 2.15. The van der Waals surface area contributed by atoms with Gasteiger partial charge in [-0.25, -0.2) is 18.2 Å². The maximum atomic E-state index is 11.8. The number of nitrogens with one attached hydrogen (secondary N) is 1. The molecule has 0 atom stereocenters. The number of sulfone groups is 1. The van der Waals surface area contributed by atoms with E-state index in [1.807, 2.05) is 54.6 Å². The fourth-order valence-corrected chi connectivity index (χ4v) is 5.14. The average molecular weight is 566 g/mol. The number of rotatable bonds is 9. The van der Waals surface area contributed by atoms with Crippen molar-refractivity contribution in [2.24, 2.45) is 0 Å². The van der Waals surface area contributed by atoms with E-state index in [0.29, 0.717) is 12.2 Å². The zero-order chi connectivity index (χ0) is 29.0. The van der Waals surface area contributed by atoms with Crippen LogP contribution in [0.5, 0.6) is 11.6 Å². The first-order valence-corrected chi connectivity index (χ1v) is 14.7. The van der Waals surface area contributed by atoms with Gasteiger partial charge in [0.1, 0.15) is 5.75 Å². The number of benzene rings is 3. The summed E-state index contributed by atoms with van der Waals surface area (Å²) >= 11 is 0. The number of carbonyl (C=O) groups is 1. The van der Waals surface area contributed by atoms with E-state index in [0.717, 1.165) is 56.6 Å². The van der Waals surface area contributed by atoms with Gasteiger partial charge in [-0.3, -0.25) is 5.10 Å². The molecule has 0 bridgehead atoms. The molecular weight excluding hydrogens is 538 g/mol. The van der Waals surface area contributed by atoms with Gasteiger partial charge in [-0.2, -0.15) is 5.10 Å². The van der Waals surface area contributed by atoms with E-state index in [4.69, 9.17) is 9.84 Å². The quantitative estimate of drug-likeness (QED) is 0.152. The van der Waals surface area contributed by atoms with E-state index in [-0.39, 0.29) is 10.8 Å². The molecule has 0 fully saturated rings. The largest absolute Gasteiger partial charge is 0.478 e. The van der Waals surface area contributed by atoms with Crippen LogP contribution in [0.3, 0.4) is 0 Å². The van der Waals surface area contributed by atoms with Gasteiger partial charge in [0.15, 0.2) is 9.84 Å². The number of H-pyrrole nitrogens is 1. The minimum Gasteiger partial charge on any atom is -0.478 e. The van der Waals surface area contributed by atoms with Gasteiger partial charge in [0.05, 0.1) is 16.6 Å². The van der Waals surface area contributed by atoms with Crippen molar-refractivity contribution in [1.82, 2.24) is 15.2 Å². The van der Waals surface area contributed by atoms with Crippen LogP contribution in [0.2, 0.25) is 0 Å². The van der Waals surface area contributed by atoms with Crippen molar-refractivity contribution in [2.75, 3.05) is 6.26 Å². The number of nitrogens with zero attached hydrogens (tertiary/aromatic N) is 2. The van der Waals surface area contributed by atoms with Crippen LogP contribution < -0.4 is 4.74 Å². The van der Waals surface area contributed by atoms with Gasteiger partial charge in [-0.05, 0) is 76.2 Å². The first-order valence-electron chi connectivity index (χ1n) is 12.8. The van der Waals surface area contributed by atoms with Crippen LogP contribution in [0.4, 0.5) is 0 Å². The number of carboxylic acids is 1. The Hall–Kier alpha value is -5.02. The molecule has 0 aliphatic rings. The molecule has 2 aromatic heterocycles. The SMILES string of the molecule is CC/C(=C(/c1ccc(/C=C/C(=O)O)cc1)c1ccc2[nH]ncc2c1)c1cccc(Oc2ccc(S(C)(=O)=O)cn2)c1. The lowest BCUT2D eigenvalue weighted by atomic mass is 9.87. The maximum Gasteiger partial charge on any atom is 0.328 e. The molecule has 2 N–H and O–H groups in total. The van der Waals surface area contributed by atoms with Crippen LogP contribution in [0.15, 0.2) is 102 Å². The van der Waals surface area contributed by atoms with Gasteiger partial charge in [0.25, 0.3) is 0 Å². The van der Waals surface area contributed by atoms with E-state index in [1.54, 1.807) is 12.3 Å². The number of hydrogen-bond acceptors (Lipinski definition) is 6. The van der Waals surface area contributed by atoms with Crippen molar-refractivity contribution >= 4 is 43.9 Å². The number of aromatic nitrogens is 3. The predicted octanol–water partition coefficient (Wildman–Crippen LogP) is 6.62. The van der Waals surface area contributed by atoms with Crippen molar-refractivity contribution < 1.29 is 23.1 Å². The summed E-state index contributed by atoms with van der Waals surface area (Å²) in [6, 6.07) is 24.6. The van der Waals surface area contributed by atoms with Gasteiger partial charge < -0.3 is 9.84 Å². The fourth-order valence-electron chi connectivity index (χ4n) is 4.58. The molecule has 206 valence electrons. The minimum atomic E-state index is -3.36. The normalized spacial score (nSPS) is 12.4. The minimum absolute atomic E-state index is 0.124. The summed E-state index contributed by atoms with van der Waals surface area (Å²) in [7, 11) is -3.36. The zero-order valence-corrected chi connectivity index (χ0v) is 23.2. The first kappa shape index (κ1) is 27.5. The lowest BCUT2D eigenvalue weighted by Gasteiger charge is -2.17. The smallest absolute Gasteiger partial charge is 0.328 e. The molecule has 5 rings (SSSR count). The molecule has 0 unspecified atom stereocenters. The lowest BCUT2D eigenvalue weighted by Crippen LogP contribution is -1.98. The number of ether oxygens (including phenoxy) is 1. The molecule has 41 heavy (non-hydrogen) atoms. The molecule has 0 aliphatic carbocycles. The van der Waals surface area contributed by atoms with Crippen LogP contribution in [0, 0.1) is 0 Å². The summed E-state index contributed by atoms with van der Waals surface area (Å²) in [4.78, 5) is 15.2. The molecule has 5 aromatic rings. The molecule has 9 heteroatoms. The van der Waals surface area contributed by atoms with Gasteiger partial charge >= 0.3 is 5.97 Å². The van der Waals surface area contributed by atoms with E-state index in [9.17, 15) is 13.2 Å². The number of aliphatic carboxylic acids is 1. The number of fused-ring (bicyclic) bond motifs is 1. The highest BCUT2D eigenvalue weighted by Crippen LogP contribution is 2.37. The highest BCUT2D eigenvalue weighted by molar-refractivity contribution is 7.90.